The molecule has 0 unspecified atom stereocenters. The van der Waals surface area contributed by atoms with Crippen LogP contribution in [0.5, 0.6) is 0 Å². The van der Waals surface area contributed by atoms with Crippen LogP contribution in [-0.4, -0.2) is 56.0 Å². The number of amides is 2. The number of anilines is 1. The Bertz CT molecular complexity index is 2350. The molecule has 3 heterocycles. The zero-order chi connectivity index (χ0) is 38.6. The normalized spacial score (nSPS) is 15.0. The van der Waals surface area contributed by atoms with Gasteiger partial charge in [0.1, 0.15) is 5.60 Å². The van der Waals surface area contributed by atoms with Gasteiger partial charge in [0.15, 0.2) is 11.4 Å². The molecule has 1 aliphatic rings. The van der Waals surface area contributed by atoms with Crippen molar-refractivity contribution in [1.29, 1.82) is 0 Å². The SMILES string of the molecule is CC(=Nc1nc2c(c(=O)n1-c1ccc3c(N(C)C(=O)OC(C)(C)C)noc3c1)C[C@@H](C)N(C(=O)c1ccc(Cl)c(Cl)c1)C2)c1ccc(C(F)(F)F)cc1. The monoisotopic (exact) mass is 768 g/mol. The Kier molecular flexibility index (Phi) is 9.90. The molecule has 0 spiro atoms. The number of ether oxygens (including phenoxy) is 1. The number of carbonyl (C=O) groups is 2. The topological polar surface area (TPSA) is 123 Å². The van der Waals surface area contributed by atoms with Gasteiger partial charge in [-0.3, -0.25) is 14.5 Å². The van der Waals surface area contributed by atoms with Gasteiger partial charge in [0.2, 0.25) is 5.95 Å². The van der Waals surface area contributed by atoms with Crippen LogP contribution in [0.25, 0.3) is 16.7 Å². The van der Waals surface area contributed by atoms with E-state index < -0.39 is 35.0 Å². The van der Waals surface area contributed by atoms with Crippen molar-refractivity contribution in [3.63, 3.8) is 0 Å². The summed E-state index contributed by atoms with van der Waals surface area (Å²) in [4.78, 5) is 53.0. The third-order valence-electron chi connectivity index (χ3n) is 8.60. The molecule has 1 atom stereocenters. The van der Waals surface area contributed by atoms with Crippen molar-refractivity contribution in [2.45, 2.75) is 65.4 Å². The standard InChI is InChI=1S/C37H33Cl2F3N6O5/c1-19-15-26-29(18-47(19)32(49)22-9-14-27(38)28(39)16-22)44-34(43-20(2)21-7-10-23(11-8-21)37(40,41)42)48(33(26)50)24-12-13-25-30(17-24)53-45-31(25)46(6)35(51)52-36(3,4)5/h7-14,16-17,19H,15,18H2,1-6H3/t19-/m1/s1. The van der Waals surface area contributed by atoms with Gasteiger partial charge in [-0.05, 0) is 89.1 Å². The average molecular weight is 770 g/mol. The lowest BCUT2D eigenvalue weighted by molar-refractivity contribution is -0.137. The van der Waals surface area contributed by atoms with Crippen LogP contribution in [0.4, 0.5) is 29.7 Å². The van der Waals surface area contributed by atoms with Gasteiger partial charge in [-0.2, -0.15) is 13.2 Å². The van der Waals surface area contributed by atoms with Crippen molar-refractivity contribution >= 4 is 63.6 Å². The number of hydrogen-bond donors (Lipinski definition) is 0. The molecule has 276 valence electrons. The fourth-order valence-electron chi connectivity index (χ4n) is 5.85. The highest BCUT2D eigenvalue weighted by molar-refractivity contribution is 6.42. The second kappa shape index (κ2) is 14.0. The molecule has 0 radical (unpaired) electrons. The van der Waals surface area contributed by atoms with Gasteiger partial charge >= 0.3 is 12.3 Å². The molecule has 0 N–H and O–H groups in total. The van der Waals surface area contributed by atoms with Crippen LogP contribution in [0, 0.1) is 0 Å². The summed E-state index contributed by atoms with van der Waals surface area (Å²) in [7, 11) is 1.49. The largest absolute Gasteiger partial charge is 0.443 e. The van der Waals surface area contributed by atoms with E-state index in [2.05, 4.69) is 10.1 Å². The lowest BCUT2D eigenvalue weighted by atomic mass is 9.98. The van der Waals surface area contributed by atoms with E-state index in [4.69, 9.17) is 37.4 Å². The van der Waals surface area contributed by atoms with Gasteiger partial charge in [0.05, 0.1) is 38.9 Å². The zero-order valence-corrected chi connectivity index (χ0v) is 30.9. The third kappa shape index (κ3) is 7.65. The summed E-state index contributed by atoms with van der Waals surface area (Å²) in [6.45, 7) is 8.57. The fourth-order valence-corrected chi connectivity index (χ4v) is 6.14. The molecule has 2 amide bonds. The smallest absolute Gasteiger partial charge is 0.416 e. The summed E-state index contributed by atoms with van der Waals surface area (Å²) < 4.78 is 52.2. The van der Waals surface area contributed by atoms with E-state index in [1.807, 2.05) is 6.92 Å². The number of alkyl halides is 3. The van der Waals surface area contributed by atoms with Crippen LogP contribution >= 0.6 is 23.2 Å². The first-order valence-corrected chi connectivity index (χ1v) is 17.1. The molecule has 0 saturated heterocycles. The molecular formula is C37H33Cl2F3N6O5. The number of aliphatic imine (C=N–C) groups is 1. The van der Waals surface area contributed by atoms with E-state index in [-0.39, 0.29) is 47.0 Å². The molecule has 2 aromatic heterocycles. The number of nitrogens with zero attached hydrogens (tertiary/aromatic N) is 6. The van der Waals surface area contributed by atoms with Gasteiger partial charge in [-0.1, -0.05) is 40.5 Å². The summed E-state index contributed by atoms with van der Waals surface area (Å²) in [5, 5.41) is 5.03. The molecule has 0 saturated carbocycles. The highest BCUT2D eigenvalue weighted by Gasteiger charge is 2.33. The van der Waals surface area contributed by atoms with E-state index in [1.54, 1.807) is 56.9 Å². The third-order valence-corrected chi connectivity index (χ3v) is 9.34. The number of hydrogen-bond acceptors (Lipinski definition) is 8. The van der Waals surface area contributed by atoms with Gasteiger partial charge in [0, 0.05) is 36.0 Å². The Balaban J connectivity index is 1.45. The van der Waals surface area contributed by atoms with Crippen LogP contribution in [-0.2, 0) is 23.9 Å². The predicted molar refractivity (Wildman–Crippen MR) is 195 cm³/mol. The van der Waals surface area contributed by atoms with Crippen molar-refractivity contribution in [3.8, 4) is 5.69 Å². The van der Waals surface area contributed by atoms with Crippen molar-refractivity contribution < 1.29 is 32.0 Å². The lowest BCUT2D eigenvalue weighted by Gasteiger charge is -2.34. The maximum atomic E-state index is 14.4. The van der Waals surface area contributed by atoms with E-state index in [0.717, 1.165) is 12.1 Å². The minimum Gasteiger partial charge on any atom is -0.443 e. The van der Waals surface area contributed by atoms with Crippen LogP contribution in [0.15, 0.2) is 75.0 Å². The summed E-state index contributed by atoms with van der Waals surface area (Å²) >= 11 is 12.3. The Hall–Kier alpha value is -5.21. The predicted octanol–water partition coefficient (Wildman–Crippen LogP) is 8.80. The van der Waals surface area contributed by atoms with E-state index >= 15 is 0 Å². The maximum absolute atomic E-state index is 14.4. The molecule has 0 fully saturated rings. The first-order chi connectivity index (χ1) is 24.8. The second-order valence-electron chi connectivity index (χ2n) is 13.6. The van der Waals surface area contributed by atoms with Crippen LogP contribution < -0.4 is 10.5 Å². The van der Waals surface area contributed by atoms with Gasteiger partial charge in [-0.25, -0.2) is 19.3 Å². The Morgan fingerprint density at radius 1 is 1.00 bits per heavy atom. The Morgan fingerprint density at radius 2 is 1.68 bits per heavy atom. The van der Waals surface area contributed by atoms with Crippen molar-refractivity contribution in [3.05, 3.63) is 109 Å². The summed E-state index contributed by atoms with van der Waals surface area (Å²) in [5.41, 5.74) is 0.0824. The minimum atomic E-state index is -4.52. The number of halogens is 5. The van der Waals surface area contributed by atoms with Gasteiger partial charge < -0.3 is 14.2 Å². The quantitative estimate of drug-likeness (QED) is 0.164. The van der Waals surface area contributed by atoms with E-state index in [0.29, 0.717) is 38.5 Å². The highest BCUT2D eigenvalue weighted by Crippen LogP contribution is 2.32. The molecule has 0 aliphatic carbocycles. The highest BCUT2D eigenvalue weighted by atomic mass is 35.5. The molecule has 11 nitrogen and oxygen atoms in total. The molecule has 6 rings (SSSR count). The molecule has 53 heavy (non-hydrogen) atoms. The Morgan fingerprint density at radius 3 is 2.32 bits per heavy atom. The molecule has 5 aromatic rings. The molecule has 3 aromatic carbocycles. The Labute approximate surface area is 311 Å². The summed E-state index contributed by atoms with van der Waals surface area (Å²) in [6.07, 6.45) is -5.02. The van der Waals surface area contributed by atoms with Gasteiger partial charge in [0.25, 0.3) is 11.5 Å². The summed E-state index contributed by atoms with van der Waals surface area (Å²) in [6, 6.07) is 13.4. The number of aromatic nitrogens is 3. The van der Waals surface area contributed by atoms with Crippen molar-refractivity contribution in [1.82, 2.24) is 19.6 Å². The number of benzene rings is 3. The van der Waals surface area contributed by atoms with Crippen LogP contribution in [0.2, 0.25) is 10.0 Å². The van der Waals surface area contributed by atoms with E-state index in [9.17, 15) is 27.6 Å². The van der Waals surface area contributed by atoms with Crippen LogP contribution in [0.3, 0.4) is 0 Å². The number of rotatable bonds is 5. The number of fused-ring (bicyclic) bond motifs is 2. The first kappa shape index (κ1) is 37.5. The second-order valence-corrected chi connectivity index (χ2v) is 14.4. The first-order valence-electron chi connectivity index (χ1n) is 16.3. The fraction of sp³-hybridized carbons (Fsp3) is 0.297. The molecule has 1 aliphatic heterocycles. The van der Waals surface area contributed by atoms with Crippen LogP contribution in [0.1, 0.15) is 67.4 Å². The zero-order valence-electron chi connectivity index (χ0n) is 29.4. The van der Waals surface area contributed by atoms with E-state index in [1.165, 1.54) is 40.8 Å². The maximum Gasteiger partial charge on any atom is 0.416 e. The lowest BCUT2D eigenvalue weighted by Crippen LogP contribution is -2.45. The average Bonchev–Trinajstić information content (AvgIpc) is 3.51. The molecular weight excluding hydrogens is 736 g/mol. The van der Waals surface area contributed by atoms with Crippen molar-refractivity contribution in [2.75, 3.05) is 11.9 Å². The molecule has 0 bridgehead atoms. The number of carbonyl (C=O) groups excluding carboxylic acids is 2. The summed E-state index contributed by atoms with van der Waals surface area (Å²) in [5.74, 6) is -0.247. The van der Waals surface area contributed by atoms with Gasteiger partial charge in [-0.15, -0.1) is 0 Å². The van der Waals surface area contributed by atoms with Crippen molar-refractivity contribution in [2.24, 2.45) is 4.99 Å². The molecule has 16 heteroatoms. The minimum absolute atomic E-state index is 0.0327.